The van der Waals surface area contributed by atoms with Gasteiger partial charge in [-0.3, -0.25) is 9.69 Å². The average molecular weight is 547 g/mol. The summed E-state index contributed by atoms with van der Waals surface area (Å²) in [5, 5.41) is 0.946. The molecule has 1 fully saturated rings. The fourth-order valence-electron chi connectivity index (χ4n) is 6.29. The number of aromatic amines is 1. The lowest BCUT2D eigenvalue weighted by molar-refractivity contribution is -0.149. The number of esters is 1. The Morgan fingerprint density at radius 2 is 1.72 bits per heavy atom. The third kappa shape index (κ3) is 5.86. The van der Waals surface area contributed by atoms with Crippen molar-refractivity contribution in [2.45, 2.75) is 84.2 Å². The maximum absolute atomic E-state index is 15.8. The first-order valence-corrected chi connectivity index (χ1v) is 14.1. The molecule has 3 aromatic rings. The number of H-pyrrole nitrogens is 1. The van der Waals surface area contributed by atoms with Gasteiger partial charge in [0.2, 0.25) is 0 Å². The van der Waals surface area contributed by atoms with Gasteiger partial charge in [0.1, 0.15) is 11.6 Å². The van der Waals surface area contributed by atoms with Crippen molar-refractivity contribution in [1.82, 2.24) is 9.88 Å². The lowest BCUT2D eigenvalue weighted by Crippen LogP contribution is -2.45. The van der Waals surface area contributed by atoms with Crippen molar-refractivity contribution in [2.24, 2.45) is 5.92 Å². The number of benzene rings is 2. The fourth-order valence-corrected chi connectivity index (χ4v) is 6.29. The van der Waals surface area contributed by atoms with E-state index in [1.54, 1.807) is 6.92 Å². The Morgan fingerprint density at radius 3 is 2.33 bits per heavy atom. The van der Waals surface area contributed by atoms with Crippen LogP contribution in [0.15, 0.2) is 36.4 Å². The van der Waals surface area contributed by atoms with Gasteiger partial charge < -0.3 is 9.72 Å². The molecule has 0 bridgehead atoms. The number of carbonyl (C=O) groups excluding carboxylic acids is 1. The predicted octanol–water partition coefficient (Wildman–Crippen LogP) is 7.91. The standard InChI is InChI=1S/C29H32F4N2O2.C2H6/c1-3-37-29(36)18-10-8-17(9-11-18)19-13-22(30)26(23(31)14-19)28-27-21(12-16(2)35(28)15-25(32)33)20-6-4-5-7-24(20)34-27;1-2/h4-7,13-14,16-18,25,28,34H,3,8-12,15H2,1-2H3;1-2H3/t16-,17?,18?,28?;/m1./s1. The van der Waals surface area contributed by atoms with Crippen molar-refractivity contribution in [2.75, 3.05) is 13.2 Å². The second-order valence-electron chi connectivity index (χ2n) is 10.3. The minimum atomic E-state index is -2.64. The van der Waals surface area contributed by atoms with Crippen LogP contribution in [0.1, 0.15) is 87.7 Å². The molecule has 2 aromatic carbocycles. The van der Waals surface area contributed by atoms with E-state index in [0.29, 0.717) is 50.0 Å². The smallest absolute Gasteiger partial charge is 0.308 e. The molecule has 1 saturated carbocycles. The Balaban J connectivity index is 0.00000172. The summed E-state index contributed by atoms with van der Waals surface area (Å²) in [5.74, 6) is -1.93. The molecule has 212 valence electrons. The van der Waals surface area contributed by atoms with E-state index in [-0.39, 0.29) is 29.4 Å². The normalized spacial score (nSPS) is 23.3. The van der Waals surface area contributed by atoms with E-state index in [9.17, 15) is 13.6 Å². The number of halogens is 4. The molecule has 2 heterocycles. The molecule has 8 heteroatoms. The van der Waals surface area contributed by atoms with Crippen LogP contribution in [0, 0.1) is 17.6 Å². The van der Waals surface area contributed by atoms with Crippen LogP contribution in [0.2, 0.25) is 0 Å². The Kier molecular flexibility index (Phi) is 9.36. The van der Waals surface area contributed by atoms with E-state index in [1.165, 1.54) is 17.0 Å². The Labute approximate surface area is 227 Å². The van der Waals surface area contributed by atoms with Crippen LogP contribution in [0.25, 0.3) is 10.9 Å². The molecule has 0 spiro atoms. The number of aromatic nitrogens is 1. The zero-order valence-corrected chi connectivity index (χ0v) is 23.1. The number of hydrogen-bond acceptors (Lipinski definition) is 3. The summed E-state index contributed by atoms with van der Waals surface area (Å²) in [4.78, 5) is 16.9. The van der Waals surface area contributed by atoms with Crippen LogP contribution < -0.4 is 0 Å². The average Bonchev–Trinajstić information content (AvgIpc) is 3.29. The number of carbonyl (C=O) groups is 1. The molecule has 1 unspecified atom stereocenters. The number of hydrogen-bond donors (Lipinski definition) is 1. The summed E-state index contributed by atoms with van der Waals surface area (Å²) < 4.78 is 64.0. The van der Waals surface area contributed by atoms with Crippen molar-refractivity contribution < 1.29 is 27.1 Å². The van der Waals surface area contributed by atoms with Crippen molar-refractivity contribution in [3.05, 3.63) is 70.4 Å². The van der Waals surface area contributed by atoms with Crippen molar-refractivity contribution in [1.29, 1.82) is 0 Å². The Hall–Kier alpha value is -2.87. The number of nitrogens with one attached hydrogen (secondary N) is 1. The molecule has 4 nitrogen and oxygen atoms in total. The molecule has 2 atom stereocenters. The lowest BCUT2D eigenvalue weighted by atomic mass is 9.78. The van der Waals surface area contributed by atoms with Gasteiger partial charge in [0.25, 0.3) is 6.43 Å². The third-order valence-corrected chi connectivity index (χ3v) is 8.06. The zero-order chi connectivity index (χ0) is 28.3. The lowest BCUT2D eigenvalue weighted by Gasteiger charge is -2.41. The van der Waals surface area contributed by atoms with Gasteiger partial charge in [-0.25, -0.2) is 17.6 Å². The summed E-state index contributed by atoms with van der Waals surface area (Å²) in [6, 6.07) is 8.98. The molecule has 0 radical (unpaired) electrons. The molecule has 1 aromatic heterocycles. The zero-order valence-electron chi connectivity index (χ0n) is 23.1. The van der Waals surface area contributed by atoms with E-state index < -0.39 is 30.6 Å². The number of para-hydroxylation sites is 1. The molecule has 1 aliphatic heterocycles. The molecule has 1 N–H and O–H groups in total. The first-order valence-electron chi connectivity index (χ1n) is 14.1. The summed E-state index contributed by atoms with van der Waals surface area (Å²) in [6.07, 6.45) is 0.339. The fraction of sp³-hybridized carbons (Fsp3) is 0.516. The van der Waals surface area contributed by atoms with Gasteiger partial charge in [0.15, 0.2) is 0 Å². The third-order valence-electron chi connectivity index (χ3n) is 8.06. The number of nitrogens with zero attached hydrogens (tertiary/aromatic N) is 1. The van der Waals surface area contributed by atoms with E-state index in [1.807, 2.05) is 45.0 Å². The molecular weight excluding hydrogens is 508 g/mol. The van der Waals surface area contributed by atoms with Gasteiger partial charge in [-0.15, -0.1) is 0 Å². The predicted molar refractivity (Wildman–Crippen MR) is 145 cm³/mol. The highest BCUT2D eigenvalue weighted by molar-refractivity contribution is 5.85. The minimum Gasteiger partial charge on any atom is -0.466 e. The van der Waals surface area contributed by atoms with Crippen molar-refractivity contribution >= 4 is 16.9 Å². The number of alkyl halides is 2. The van der Waals surface area contributed by atoms with E-state index in [2.05, 4.69) is 4.98 Å². The van der Waals surface area contributed by atoms with Crippen LogP contribution in [0.5, 0.6) is 0 Å². The molecule has 0 amide bonds. The first-order chi connectivity index (χ1) is 18.8. The first kappa shape index (κ1) is 29.1. The van der Waals surface area contributed by atoms with E-state index >= 15 is 8.78 Å². The Bertz CT molecular complexity index is 1260. The SMILES string of the molecule is CC.CCOC(=O)C1CCC(c2cc(F)c(C3c4[nH]c5ccccc5c4C[C@@H](C)N3CC(F)F)c(F)c2)CC1. The van der Waals surface area contributed by atoms with Gasteiger partial charge in [0, 0.05) is 28.2 Å². The maximum Gasteiger partial charge on any atom is 0.308 e. The minimum absolute atomic E-state index is 0.0743. The number of fused-ring (bicyclic) bond motifs is 3. The Morgan fingerprint density at radius 1 is 1.08 bits per heavy atom. The highest BCUT2D eigenvalue weighted by Crippen LogP contribution is 2.44. The van der Waals surface area contributed by atoms with Crippen molar-refractivity contribution in [3.63, 3.8) is 0 Å². The summed E-state index contributed by atoms with van der Waals surface area (Å²) in [7, 11) is 0. The second-order valence-corrected chi connectivity index (χ2v) is 10.3. The monoisotopic (exact) mass is 546 g/mol. The van der Waals surface area contributed by atoms with Crippen LogP contribution in [0.4, 0.5) is 17.6 Å². The number of rotatable bonds is 6. The van der Waals surface area contributed by atoms with Crippen LogP contribution in [0.3, 0.4) is 0 Å². The molecule has 5 rings (SSSR count). The van der Waals surface area contributed by atoms with Crippen LogP contribution in [-0.4, -0.2) is 41.5 Å². The second kappa shape index (κ2) is 12.5. The molecule has 0 saturated heterocycles. The molecule has 39 heavy (non-hydrogen) atoms. The maximum atomic E-state index is 15.8. The van der Waals surface area contributed by atoms with E-state index in [4.69, 9.17) is 4.74 Å². The largest absolute Gasteiger partial charge is 0.466 e. The topological polar surface area (TPSA) is 45.3 Å². The molecular formula is C31H38F4N2O2. The molecule has 1 aliphatic carbocycles. The van der Waals surface area contributed by atoms with Crippen LogP contribution in [-0.2, 0) is 16.0 Å². The highest BCUT2D eigenvalue weighted by Gasteiger charge is 2.40. The van der Waals surface area contributed by atoms with Crippen molar-refractivity contribution in [3.8, 4) is 0 Å². The summed E-state index contributed by atoms with van der Waals surface area (Å²) >= 11 is 0. The summed E-state index contributed by atoms with van der Waals surface area (Å²) in [6.45, 7) is 7.34. The van der Waals surface area contributed by atoms with Gasteiger partial charge in [0.05, 0.1) is 25.1 Å². The molecule has 2 aliphatic rings. The van der Waals surface area contributed by atoms with Gasteiger partial charge in [-0.05, 0) is 81.2 Å². The van der Waals surface area contributed by atoms with Gasteiger partial charge in [-0.2, -0.15) is 0 Å². The van der Waals surface area contributed by atoms with E-state index in [0.717, 1.165) is 16.5 Å². The number of ether oxygens (including phenoxy) is 1. The van der Waals surface area contributed by atoms with Gasteiger partial charge >= 0.3 is 5.97 Å². The van der Waals surface area contributed by atoms with Gasteiger partial charge in [-0.1, -0.05) is 32.0 Å². The summed E-state index contributed by atoms with van der Waals surface area (Å²) in [5.41, 5.74) is 2.64. The quantitative estimate of drug-likeness (QED) is 0.252. The van der Waals surface area contributed by atoms with Crippen LogP contribution >= 0.6 is 0 Å². The highest BCUT2D eigenvalue weighted by atomic mass is 19.3.